The van der Waals surface area contributed by atoms with Crippen molar-refractivity contribution in [3.8, 4) is 0 Å². The topological polar surface area (TPSA) is 62.5 Å². The van der Waals surface area contributed by atoms with Crippen LogP contribution in [-0.2, 0) is 4.79 Å². The van der Waals surface area contributed by atoms with E-state index in [2.05, 4.69) is 5.32 Å². The fraction of sp³-hybridized carbons (Fsp3) is 0.154. The first-order valence-corrected chi connectivity index (χ1v) is 6.23. The summed E-state index contributed by atoms with van der Waals surface area (Å²) in [6.07, 6.45) is 0. The van der Waals surface area contributed by atoms with Crippen LogP contribution in [0.15, 0.2) is 34.7 Å². The number of benzene rings is 1. The number of hydrogen-bond acceptors (Lipinski definition) is 3. The minimum atomic E-state index is -1.05. The van der Waals surface area contributed by atoms with Crippen molar-refractivity contribution in [3.63, 3.8) is 0 Å². The maximum Gasteiger partial charge on any atom is 0.334 e. The molecule has 2 rings (SSSR count). The summed E-state index contributed by atoms with van der Waals surface area (Å²) in [6.45, 7) is 1.75. The normalized spacial score (nSPS) is 12.2. The Morgan fingerprint density at radius 1 is 1.26 bits per heavy atom. The minimum Gasteiger partial charge on any atom is -0.479 e. The second-order valence-electron chi connectivity index (χ2n) is 4.02. The number of carbonyl (C=O) groups is 1. The summed E-state index contributed by atoms with van der Waals surface area (Å²) in [5, 5.41) is 12.9. The van der Waals surface area contributed by atoms with Gasteiger partial charge in [-0.15, -0.1) is 0 Å². The first-order chi connectivity index (χ1) is 8.95. The zero-order valence-electron chi connectivity index (χ0n) is 9.98. The number of rotatable bonds is 4. The molecule has 0 amide bonds. The third-order valence-electron chi connectivity index (χ3n) is 2.47. The summed E-state index contributed by atoms with van der Waals surface area (Å²) in [5.74, 6) is -0.0845. The molecule has 0 saturated heterocycles. The van der Waals surface area contributed by atoms with Gasteiger partial charge in [0.2, 0.25) is 0 Å². The molecule has 1 aromatic carbocycles. The number of furan rings is 1. The molecule has 19 heavy (non-hydrogen) atoms. The highest BCUT2D eigenvalue weighted by Crippen LogP contribution is 2.27. The Morgan fingerprint density at radius 3 is 2.37 bits per heavy atom. The Hall–Kier alpha value is -1.65. The summed E-state index contributed by atoms with van der Waals surface area (Å²) >= 11 is 11.7. The van der Waals surface area contributed by atoms with Gasteiger partial charge in [0.25, 0.3) is 0 Å². The number of nitrogens with one attached hydrogen (secondary N) is 1. The fourth-order valence-corrected chi connectivity index (χ4v) is 2.19. The molecule has 2 N–H and O–H groups in total. The van der Waals surface area contributed by atoms with Gasteiger partial charge in [0.05, 0.1) is 0 Å². The molecule has 0 fully saturated rings. The summed E-state index contributed by atoms with van der Waals surface area (Å²) in [5.41, 5.74) is 0.513. The van der Waals surface area contributed by atoms with Crippen molar-refractivity contribution >= 4 is 34.9 Å². The van der Waals surface area contributed by atoms with E-state index >= 15 is 0 Å². The van der Waals surface area contributed by atoms with Crippen LogP contribution >= 0.6 is 23.2 Å². The molecular weight excluding hydrogens is 289 g/mol. The van der Waals surface area contributed by atoms with Gasteiger partial charge >= 0.3 is 5.97 Å². The van der Waals surface area contributed by atoms with Crippen molar-refractivity contribution in [1.82, 2.24) is 0 Å². The van der Waals surface area contributed by atoms with Gasteiger partial charge in [-0.1, -0.05) is 23.2 Å². The Bertz CT molecular complexity index is 589. The molecule has 0 bridgehead atoms. The van der Waals surface area contributed by atoms with Gasteiger partial charge in [0, 0.05) is 15.7 Å². The lowest BCUT2D eigenvalue weighted by molar-refractivity contribution is -0.138. The highest BCUT2D eigenvalue weighted by molar-refractivity contribution is 6.35. The van der Waals surface area contributed by atoms with Crippen LogP contribution in [0, 0.1) is 6.92 Å². The number of aryl methyl sites for hydroxylation is 1. The SMILES string of the molecule is Cc1ccc(C(Nc2cc(Cl)cc(Cl)c2)C(=O)O)o1. The summed E-state index contributed by atoms with van der Waals surface area (Å²) in [7, 11) is 0. The first kappa shape index (κ1) is 13.8. The molecule has 1 atom stereocenters. The van der Waals surface area contributed by atoms with E-state index in [0.29, 0.717) is 27.3 Å². The van der Waals surface area contributed by atoms with Crippen LogP contribution in [0.2, 0.25) is 10.0 Å². The molecule has 2 aromatic rings. The van der Waals surface area contributed by atoms with E-state index in [4.69, 9.17) is 27.6 Å². The lowest BCUT2D eigenvalue weighted by Crippen LogP contribution is -2.19. The standard InChI is InChI=1S/C13H11Cl2NO3/c1-7-2-3-11(19-7)12(13(17)18)16-10-5-8(14)4-9(15)6-10/h2-6,12,16H,1H3,(H,17,18). The van der Waals surface area contributed by atoms with E-state index in [9.17, 15) is 9.90 Å². The van der Waals surface area contributed by atoms with Crippen LogP contribution in [0.3, 0.4) is 0 Å². The highest BCUT2D eigenvalue weighted by atomic mass is 35.5. The van der Waals surface area contributed by atoms with E-state index in [1.807, 2.05) is 0 Å². The molecule has 0 aliphatic carbocycles. The lowest BCUT2D eigenvalue weighted by atomic mass is 10.2. The van der Waals surface area contributed by atoms with E-state index in [1.54, 1.807) is 37.3 Å². The summed E-state index contributed by atoms with van der Waals surface area (Å²) < 4.78 is 5.33. The Kier molecular flexibility index (Phi) is 4.02. The number of aliphatic carboxylic acids is 1. The Morgan fingerprint density at radius 2 is 1.89 bits per heavy atom. The second kappa shape index (κ2) is 5.55. The third-order valence-corrected chi connectivity index (χ3v) is 2.90. The molecule has 1 aromatic heterocycles. The monoisotopic (exact) mass is 299 g/mol. The van der Waals surface area contributed by atoms with Crippen LogP contribution in [0.4, 0.5) is 5.69 Å². The molecule has 0 aliphatic heterocycles. The van der Waals surface area contributed by atoms with Crippen molar-refractivity contribution in [2.75, 3.05) is 5.32 Å². The molecule has 1 heterocycles. The molecular formula is C13H11Cl2NO3. The number of halogens is 2. The van der Waals surface area contributed by atoms with Gasteiger partial charge < -0.3 is 14.8 Å². The number of hydrogen-bond donors (Lipinski definition) is 2. The molecule has 100 valence electrons. The van der Waals surface area contributed by atoms with Crippen molar-refractivity contribution in [1.29, 1.82) is 0 Å². The average Bonchev–Trinajstić information content (AvgIpc) is 2.70. The van der Waals surface area contributed by atoms with Gasteiger partial charge in [0.15, 0.2) is 6.04 Å². The molecule has 6 heteroatoms. The van der Waals surface area contributed by atoms with Crippen LogP contribution in [-0.4, -0.2) is 11.1 Å². The number of carboxylic acids is 1. The van der Waals surface area contributed by atoms with Crippen LogP contribution < -0.4 is 5.32 Å². The minimum absolute atomic E-state index is 0.320. The van der Waals surface area contributed by atoms with Gasteiger partial charge in [0.1, 0.15) is 11.5 Å². The van der Waals surface area contributed by atoms with Crippen molar-refractivity contribution in [2.24, 2.45) is 0 Å². The molecule has 0 spiro atoms. The smallest absolute Gasteiger partial charge is 0.334 e. The van der Waals surface area contributed by atoms with E-state index in [-0.39, 0.29) is 0 Å². The third kappa shape index (κ3) is 3.43. The maximum absolute atomic E-state index is 11.3. The van der Waals surface area contributed by atoms with E-state index < -0.39 is 12.0 Å². The first-order valence-electron chi connectivity index (χ1n) is 5.47. The molecule has 0 saturated carbocycles. The van der Waals surface area contributed by atoms with E-state index in [0.717, 1.165) is 0 Å². The van der Waals surface area contributed by atoms with Crippen LogP contribution in [0.1, 0.15) is 17.6 Å². The van der Waals surface area contributed by atoms with Crippen molar-refractivity contribution in [2.45, 2.75) is 13.0 Å². The van der Waals surface area contributed by atoms with Crippen LogP contribution in [0.5, 0.6) is 0 Å². The van der Waals surface area contributed by atoms with Crippen LogP contribution in [0.25, 0.3) is 0 Å². The number of anilines is 1. The van der Waals surface area contributed by atoms with Crippen molar-refractivity contribution in [3.05, 3.63) is 51.9 Å². The molecule has 0 aliphatic rings. The predicted octanol–water partition coefficient (Wildman–Crippen LogP) is 4.13. The quantitative estimate of drug-likeness (QED) is 0.891. The summed E-state index contributed by atoms with van der Waals surface area (Å²) in [6, 6.07) is 7.09. The largest absolute Gasteiger partial charge is 0.479 e. The lowest BCUT2D eigenvalue weighted by Gasteiger charge is -2.14. The van der Waals surface area contributed by atoms with Gasteiger partial charge in [-0.05, 0) is 37.3 Å². The fourth-order valence-electron chi connectivity index (χ4n) is 1.67. The Labute approximate surface area is 119 Å². The predicted molar refractivity (Wildman–Crippen MR) is 73.9 cm³/mol. The maximum atomic E-state index is 11.3. The van der Waals surface area contributed by atoms with E-state index in [1.165, 1.54) is 0 Å². The van der Waals surface area contributed by atoms with Gasteiger partial charge in [-0.3, -0.25) is 0 Å². The molecule has 0 radical (unpaired) electrons. The molecule has 4 nitrogen and oxygen atoms in total. The van der Waals surface area contributed by atoms with Gasteiger partial charge in [-0.25, -0.2) is 4.79 Å². The second-order valence-corrected chi connectivity index (χ2v) is 4.89. The van der Waals surface area contributed by atoms with Gasteiger partial charge in [-0.2, -0.15) is 0 Å². The highest BCUT2D eigenvalue weighted by Gasteiger charge is 2.23. The number of carboxylic acid groups (broad SMARTS) is 1. The average molecular weight is 300 g/mol. The summed E-state index contributed by atoms with van der Waals surface area (Å²) in [4.78, 5) is 11.3. The Balaban J connectivity index is 2.29. The molecule has 1 unspecified atom stereocenters. The van der Waals surface area contributed by atoms with Crippen molar-refractivity contribution < 1.29 is 14.3 Å². The zero-order valence-corrected chi connectivity index (χ0v) is 11.5. The zero-order chi connectivity index (χ0) is 14.0.